The number of carbonyl (C=O) groups excluding carboxylic acids is 1. The normalized spacial score (nSPS) is 15.4. The molecule has 0 unspecified atom stereocenters. The fourth-order valence-electron chi connectivity index (χ4n) is 2.21. The Balaban J connectivity index is 1.83. The molecular weight excluding hydrogens is 260 g/mol. The highest BCUT2D eigenvalue weighted by atomic mass is 32.2. The molecule has 1 N–H and O–H groups in total. The Bertz CT molecular complexity index is 454. The Kier molecular flexibility index (Phi) is 4.90. The number of nitrogens with one attached hydrogen (secondary N) is 1. The molecule has 1 aliphatic rings. The Morgan fingerprint density at radius 3 is 2.79 bits per heavy atom. The minimum Gasteiger partial charge on any atom is -0.347 e. The summed E-state index contributed by atoms with van der Waals surface area (Å²) in [5.74, 6) is 0.269. The maximum atomic E-state index is 11.9. The fraction of sp³-hybridized carbons (Fsp3) is 0.538. The lowest BCUT2D eigenvalue weighted by atomic mass is 9.98. The second-order valence-corrected chi connectivity index (χ2v) is 5.40. The van der Waals surface area contributed by atoms with E-state index in [9.17, 15) is 4.79 Å². The third-order valence-corrected chi connectivity index (χ3v) is 3.89. The molecule has 1 aromatic rings. The summed E-state index contributed by atoms with van der Waals surface area (Å²) in [6, 6.07) is 0. The van der Waals surface area contributed by atoms with E-state index in [2.05, 4.69) is 27.1 Å². The van der Waals surface area contributed by atoms with Crippen molar-refractivity contribution in [2.45, 2.75) is 37.4 Å². The number of aromatic nitrogens is 3. The molecule has 19 heavy (non-hydrogen) atoms. The van der Waals surface area contributed by atoms with Gasteiger partial charge in [0.1, 0.15) is 5.69 Å². The molecule has 2 rings (SSSR count). The molecule has 1 fully saturated rings. The SMILES string of the molecule is C=C(C(=O)NCc1cnc(SC)nn1)C1CCCC1. The molecule has 1 amide bonds. The van der Waals surface area contributed by atoms with Crippen LogP contribution in [0.15, 0.2) is 23.5 Å². The number of carbonyl (C=O) groups is 1. The zero-order chi connectivity index (χ0) is 13.7. The van der Waals surface area contributed by atoms with Crippen molar-refractivity contribution in [2.75, 3.05) is 6.26 Å². The van der Waals surface area contributed by atoms with E-state index in [1.807, 2.05) is 6.26 Å². The van der Waals surface area contributed by atoms with Gasteiger partial charge in [-0.05, 0) is 25.0 Å². The van der Waals surface area contributed by atoms with Crippen LogP contribution in [0.2, 0.25) is 0 Å². The quantitative estimate of drug-likeness (QED) is 0.658. The maximum Gasteiger partial charge on any atom is 0.247 e. The average Bonchev–Trinajstić information content (AvgIpc) is 2.98. The zero-order valence-corrected chi connectivity index (χ0v) is 11.9. The van der Waals surface area contributed by atoms with E-state index in [1.165, 1.54) is 24.6 Å². The lowest BCUT2D eigenvalue weighted by molar-refractivity contribution is -0.118. The van der Waals surface area contributed by atoms with Crippen LogP contribution in [-0.4, -0.2) is 27.3 Å². The molecule has 0 atom stereocenters. The summed E-state index contributed by atoms with van der Waals surface area (Å²) in [5, 5.41) is 11.4. The van der Waals surface area contributed by atoms with E-state index in [0.29, 0.717) is 28.9 Å². The summed E-state index contributed by atoms with van der Waals surface area (Å²) in [5.41, 5.74) is 1.35. The van der Waals surface area contributed by atoms with Gasteiger partial charge in [-0.3, -0.25) is 4.79 Å². The molecule has 0 aromatic carbocycles. The number of thioether (sulfide) groups is 1. The number of amides is 1. The molecule has 102 valence electrons. The van der Waals surface area contributed by atoms with Crippen molar-refractivity contribution >= 4 is 17.7 Å². The summed E-state index contributed by atoms with van der Waals surface area (Å²) in [4.78, 5) is 16.1. The summed E-state index contributed by atoms with van der Waals surface area (Å²) in [7, 11) is 0. The zero-order valence-electron chi connectivity index (χ0n) is 11.1. The topological polar surface area (TPSA) is 67.8 Å². The van der Waals surface area contributed by atoms with Crippen LogP contribution in [0.4, 0.5) is 0 Å². The predicted molar refractivity (Wildman–Crippen MR) is 74.6 cm³/mol. The van der Waals surface area contributed by atoms with Gasteiger partial charge in [-0.15, -0.1) is 10.2 Å². The van der Waals surface area contributed by atoms with Crippen LogP contribution in [0.3, 0.4) is 0 Å². The maximum absolute atomic E-state index is 11.9. The molecule has 0 spiro atoms. The summed E-state index contributed by atoms with van der Waals surface area (Å²) in [6.07, 6.45) is 8.08. The smallest absolute Gasteiger partial charge is 0.247 e. The largest absolute Gasteiger partial charge is 0.347 e. The number of rotatable bonds is 5. The molecule has 0 radical (unpaired) electrons. The van der Waals surface area contributed by atoms with Gasteiger partial charge in [0.15, 0.2) is 0 Å². The monoisotopic (exact) mass is 278 g/mol. The molecular formula is C13H18N4OS. The van der Waals surface area contributed by atoms with Gasteiger partial charge in [-0.2, -0.15) is 0 Å². The van der Waals surface area contributed by atoms with E-state index in [1.54, 1.807) is 6.20 Å². The minimum absolute atomic E-state index is 0.0809. The molecule has 1 saturated carbocycles. The molecule has 1 aromatic heterocycles. The van der Waals surface area contributed by atoms with E-state index in [-0.39, 0.29) is 5.91 Å². The highest BCUT2D eigenvalue weighted by Gasteiger charge is 2.22. The van der Waals surface area contributed by atoms with Gasteiger partial charge in [-0.25, -0.2) is 4.98 Å². The van der Waals surface area contributed by atoms with Gasteiger partial charge < -0.3 is 5.32 Å². The first kappa shape index (κ1) is 14.0. The lowest BCUT2D eigenvalue weighted by Gasteiger charge is -2.12. The first-order valence-electron chi connectivity index (χ1n) is 6.40. The molecule has 1 aliphatic carbocycles. The molecule has 0 saturated heterocycles. The molecule has 1 heterocycles. The van der Waals surface area contributed by atoms with Crippen LogP contribution in [0.1, 0.15) is 31.4 Å². The van der Waals surface area contributed by atoms with E-state index in [4.69, 9.17) is 0 Å². The third kappa shape index (κ3) is 3.76. The van der Waals surface area contributed by atoms with Crippen LogP contribution in [0, 0.1) is 5.92 Å². The van der Waals surface area contributed by atoms with Gasteiger partial charge in [-0.1, -0.05) is 31.2 Å². The first-order chi connectivity index (χ1) is 9.20. The van der Waals surface area contributed by atoms with Crippen molar-refractivity contribution in [3.8, 4) is 0 Å². The Morgan fingerprint density at radius 1 is 1.47 bits per heavy atom. The molecule has 0 bridgehead atoms. The van der Waals surface area contributed by atoms with Gasteiger partial charge >= 0.3 is 0 Å². The average molecular weight is 278 g/mol. The number of hydrogen-bond acceptors (Lipinski definition) is 5. The van der Waals surface area contributed by atoms with Crippen molar-refractivity contribution in [1.29, 1.82) is 0 Å². The second-order valence-electron chi connectivity index (χ2n) is 4.63. The van der Waals surface area contributed by atoms with E-state index < -0.39 is 0 Å². The molecule has 6 heteroatoms. The third-order valence-electron chi connectivity index (χ3n) is 3.34. The lowest BCUT2D eigenvalue weighted by Crippen LogP contribution is -2.27. The predicted octanol–water partition coefficient (Wildman–Crippen LogP) is 1.96. The number of nitrogens with zero attached hydrogens (tertiary/aromatic N) is 3. The standard InChI is InChI=1S/C13H18N4OS/c1-9(10-5-3-4-6-10)12(18)14-7-11-8-15-13(19-2)17-16-11/h8,10H,1,3-7H2,2H3,(H,14,18). The number of hydrogen-bond donors (Lipinski definition) is 1. The van der Waals surface area contributed by atoms with Crippen LogP contribution in [0.5, 0.6) is 0 Å². The van der Waals surface area contributed by atoms with Gasteiger partial charge in [0.05, 0.1) is 12.7 Å². The van der Waals surface area contributed by atoms with Gasteiger partial charge in [0.2, 0.25) is 11.1 Å². The highest BCUT2D eigenvalue weighted by Crippen LogP contribution is 2.30. The highest BCUT2D eigenvalue weighted by molar-refractivity contribution is 7.98. The second kappa shape index (κ2) is 6.65. The van der Waals surface area contributed by atoms with Crippen LogP contribution in [0.25, 0.3) is 0 Å². The Hall–Kier alpha value is -1.43. The van der Waals surface area contributed by atoms with Gasteiger partial charge in [0.25, 0.3) is 0 Å². The minimum atomic E-state index is -0.0809. The molecule has 5 nitrogen and oxygen atoms in total. The van der Waals surface area contributed by atoms with Crippen molar-refractivity contribution in [2.24, 2.45) is 5.92 Å². The van der Waals surface area contributed by atoms with Crippen LogP contribution in [-0.2, 0) is 11.3 Å². The Labute approximate surface area is 117 Å². The van der Waals surface area contributed by atoms with Crippen molar-refractivity contribution < 1.29 is 4.79 Å². The van der Waals surface area contributed by atoms with Crippen LogP contribution >= 0.6 is 11.8 Å². The Morgan fingerprint density at radius 2 is 2.21 bits per heavy atom. The first-order valence-corrected chi connectivity index (χ1v) is 7.62. The van der Waals surface area contributed by atoms with Crippen molar-refractivity contribution in [3.05, 3.63) is 24.0 Å². The summed E-state index contributed by atoms with van der Waals surface area (Å²) < 4.78 is 0. The molecule has 0 aliphatic heterocycles. The van der Waals surface area contributed by atoms with Gasteiger partial charge in [0, 0.05) is 5.57 Å². The van der Waals surface area contributed by atoms with E-state index >= 15 is 0 Å². The summed E-state index contributed by atoms with van der Waals surface area (Å²) >= 11 is 1.44. The fourth-order valence-corrected chi connectivity index (χ4v) is 2.49. The van der Waals surface area contributed by atoms with E-state index in [0.717, 1.165) is 12.8 Å². The van der Waals surface area contributed by atoms with Crippen molar-refractivity contribution in [1.82, 2.24) is 20.5 Å². The summed E-state index contributed by atoms with van der Waals surface area (Å²) in [6.45, 7) is 4.26. The van der Waals surface area contributed by atoms with Crippen molar-refractivity contribution in [3.63, 3.8) is 0 Å². The van der Waals surface area contributed by atoms with Crippen LogP contribution < -0.4 is 5.32 Å².